The van der Waals surface area contributed by atoms with E-state index in [1.807, 2.05) is 0 Å². The highest BCUT2D eigenvalue weighted by molar-refractivity contribution is 8.15. The molecule has 1 fully saturated rings. The van der Waals surface area contributed by atoms with Crippen molar-refractivity contribution in [2.24, 2.45) is 5.10 Å². The lowest BCUT2D eigenvalue weighted by Crippen LogP contribution is -2.33. The summed E-state index contributed by atoms with van der Waals surface area (Å²) in [5.41, 5.74) is 1.92. The molecule has 1 aliphatic rings. The highest BCUT2D eigenvalue weighted by Crippen LogP contribution is 2.30. The summed E-state index contributed by atoms with van der Waals surface area (Å²) >= 11 is 0.949. The monoisotopic (exact) mass is 363 g/mol. The second-order valence-electron chi connectivity index (χ2n) is 4.97. The Hall–Kier alpha value is -2.94. The first-order valence-electron chi connectivity index (χ1n) is 7.04. The van der Waals surface area contributed by atoms with Gasteiger partial charge in [-0.2, -0.15) is 0 Å². The van der Waals surface area contributed by atoms with Crippen LogP contribution in [0.1, 0.15) is 10.4 Å². The summed E-state index contributed by atoms with van der Waals surface area (Å²) in [6.07, 6.45) is 0. The van der Waals surface area contributed by atoms with E-state index in [-0.39, 0.29) is 22.2 Å². The van der Waals surface area contributed by atoms with Crippen molar-refractivity contribution in [3.8, 4) is 5.75 Å². The van der Waals surface area contributed by atoms with E-state index in [0.717, 1.165) is 28.8 Å². The number of amidine groups is 1. The van der Waals surface area contributed by atoms with E-state index >= 15 is 0 Å². The quantitative estimate of drug-likeness (QED) is 0.821. The van der Waals surface area contributed by atoms with Crippen molar-refractivity contribution in [2.45, 2.75) is 0 Å². The number of nitrogens with one attached hydrogen (secondary N) is 1. The lowest BCUT2D eigenvalue weighted by molar-refractivity contribution is -0.115. The molecule has 0 saturated carbocycles. The summed E-state index contributed by atoms with van der Waals surface area (Å²) in [7, 11) is 0. The molecule has 1 saturated heterocycles. The van der Waals surface area contributed by atoms with E-state index in [0.29, 0.717) is 0 Å². The van der Waals surface area contributed by atoms with Gasteiger partial charge in [0.2, 0.25) is 5.91 Å². The van der Waals surface area contributed by atoms with Gasteiger partial charge in [-0.15, -0.1) is 5.10 Å². The fraction of sp³-hybridized carbons (Fsp3) is 0.0625. The number of phenols is 1. The number of carbonyl (C=O) groups excluding carboxylic acids is 2. The zero-order valence-corrected chi connectivity index (χ0v) is 13.4. The number of benzene rings is 2. The molecule has 0 unspecified atom stereocenters. The Kier molecular flexibility index (Phi) is 4.66. The number of hydrogen-bond acceptors (Lipinski definition) is 5. The van der Waals surface area contributed by atoms with Crippen LogP contribution >= 0.6 is 11.8 Å². The smallest absolute Gasteiger partial charge is 0.271 e. The number of carbonyl (C=O) groups is 2. The van der Waals surface area contributed by atoms with E-state index in [1.165, 1.54) is 30.3 Å². The number of aromatic hydroxyl groups is 1. The number of hydrogen-bond donors (Lipinski definition) is 2. The van der Waals surface area contributed by atoms with Crippen LogP contribution < -0.4 is 10.3 Å². The van der Waals surface area contributed by atoms with Gasteiger partial charge in [0.25, 0.3) is 5.91 Å². The molecule has 6 nitrogen and oxygen atoms in total. The van der Waals surface area contributed by atoms with Crippen LogP contribution in [0, 0.1) is 11.6 Å². The number of amides is 2. The Balaban J connectivity index is 1.85. The summed E-state index contributed by atoms with van der Waals surface area (Å²) in [6.45, 7) is 0. The maximum Gasteiger partial charge on any atom is 0.271 e. The third-order valence-electron chi connectivity index (χ3n) is 3.31. The minimum absolute atomic E-state index is 0.000937. The van der Waals surface area contributed by atoms with Crippen LogP contribution in [0.5, 0.6) is 5.75 Å². The molecule has 0 atom stereocenters. The molecule has 2 N–H and O–H groups in total. The lowest BCUT2D eigenvalue weighted by atomic mass is 10.2. The Labute approximate surface area is 145 Å². The Bertz CT molecular complexity index is 851. The Morgan fingerprint density at radius 2 is 1.80 bits per heavy atom. The van der Waals surface area contributed by atoms with E-state index in [9.17, 15) is 23.5 Å². The van der Waals surface area contributed by atoms with Crippen LogP contribution in [0.25, 0.3) is 0 Å². The zero-order chi connectivity index (χ0) is 18.0. The second-order valence-corrected chi connectivity index (χ2v) is 5.91. The molecule has 0 aliphatic carbocycles. The molecule has 2 amide bonds. The first kappa shape index (κ1) is 16.9. The molecule has 1 heterocycles. The van der Waals surface area contributed by atoms with Crippen LogP contribution in [0.2, 0.25) is 0 Å². The van der Waals surface area contributed by atoms with Gasteiger partial charge < -0.3 is 5.11 Å². The fourth-order valence-corrected chi connectivity index (χ4v) is 2.96. The Morgan fingerprint density at radius 1 is 1.16 bits per heavy atom. The third-order valence-corrected chi connectivity index (χ3v) is 4.23. The Morgan fingerprint density at radius 3 is 2.44 bits per heavy atom. The van der Waals surface area contributed by atoms with Crippen LogP contribution in [0.15, 0.2) is 47.6 Å². The van der Waals surface area contributed by atoms with E-state index in [2.05, 4.69) is 10.5 Å². The van der Waals surface area contributed by atoms with Crippen molar-refractivity contribution in [3.05, 3.63) is 59.7 Å². The molecule has 1 aliphatic heterocycles. The van der Waals surface area contributed by atoms with E-state index in [4.69, 9.17) is 0 Å². The van der Waals surface area contributed by atoms with Crippen LogP contribution in [0.3, 0.4) is 0 Å². The molecule has 25 heavy (non-hydrogen) atoms. The number of rotatable bonds is 3. The van der Waals surface area contributed by atoms with Crippen molar-refractivity contribution in [3.63, 3.8) is 0 Å². The second kappa shape index (κ2) is 6.89. The first-order chi connectivity index (χ1) is 12.0. The molecule has 0 bridgehead atoms. The van der Waals surface area contributed by atoms with E-state index < -0.39 is 29.1 Å². The number of hydrazone groups is 1. The predicted octanol–water partition coefficient (Wildman–Crippen LogP) is 2.45. The van der Waals surface area contributed by atoms with Crippen molar-refractivity contribution in [1.29, 1.82) is 0 Å². The molecule has 0 spiro atoms. The van der Waals surface area contributed by atoms with Gasteiger partial charge in [-0.05, 0) is 36.4 Å². The third kappa shape index (κ3) is 3.45. The minimum Gasteiger partial charge on any atom is -0.508 e. The molecule has 0 radical (unpaired) electrons. The van der Waals surface area contributed by atoms with Crippen LogP contribution in [-0.2, 0) is 4.79 Å². The number of para-hydroxylation sites is 1. The molecule has 0 aromatic heterocycles. The number of nitrogens with zero attached hydrogens (tertiary/aromatic N) is 2. The maximum atomic E-state index is 13.9. The van der Waals surface area contributed by atoms with Gasteiger partial charge in [0, 0.05) is 5.56 Å². The largest absolute Gasteiger partial charge is 0.508 e. The fourth-order valence-electron chi connectivity index (χ4n) is 2.14. The first-order valence-corrected chi connectivity index (χ1v) is 8.03. The van der Waals surface area contributed by atoms with Crippen molar-refractivity contribution < 1.29 is 23.5 Å². The van der Waals surface area contributed by atoms with Gasteiger partial charge in [0.1, 0.15) is 23.1 Å². The normalized spacial score (nSPS) is 15.7. The summed E-state index contributed by atoms with van der Waals surface area (Å²) in [5, 5.41) is 13.0. The van der Waals surface area contributed by atoms with Gasteiger partial charge in [-0.25, -0.2) is 14.2 Å². The maximum absolute atomic E-state index is 13.9. The molecular formula is C16H11F2N3O3S. The van der Waals surface area contributed by atoms with Crippen molar-refractivity contribution in [1.82, 2.24) is 5.43 Å². The molecule has 3 rings (SSSR count). The summed E-state index contributed by atoms with van der Waals surface area (Å²) in [5.74, 6) is -3.02. The number of thioether (sulfide) groups is 1. The van der Waals surface area contributed by atoms with Gasteiger partial charge in [-0.3, -0.25) is 14.5 Å². The van der Waals surface area contributed by atoms with Gasteiger partial charge in [0.15, 0.2) is 5.17 Å². The topological polar surface area (TPSA) is 82.0 Å². The van der Waals surface area contributed by atoms with Gasteiger partial charge >= 0.3 is 0 Å². The van der Waals surface area contributed by atoms with Gasteiger partial charge in [-0.1, -0.05) is 17.8 Å². The predicted molar refractivity (Wildman–Crippen MR) is 89.3 cm³/mol. The van der Waals surface area contributed by atoms with Crippen LogP contribution in [0.4, 0.5) is 14.5 Å². The average Bonchev–Trinajstić information content (AvgIpc) is 2.94. The van der Waals surface area contributed by atoms with Crippen molar-refractivity contribution in [2.75, 3.05) is 10.7 Å². The number of phenolic OH excluding ortho intramolecular Hbond substituents is 1. The average molecular weight is 363 g/mol. The highest BCUT2D eigenvalue weighted by Gasteiger charge is 2.34. The molecular weight excluding hydrogens is 352 g/mol. The summed E-state index contributed by atoms with van der Waals surface area (Å²) in [4.78, 5) is 24.8. The summed E-state index contributed by atoms with van der Waals surface area (Å²) < 4.78 is 27.9. The molecule has 2 aromatic rings. The molecule has 2 aromatic carbocycles. The zero-order valence-electron chi connectivity index (χ0n) is 12.6. The van der Waals surface area contributed by atoms with Gasteiger partial charge in [0.05, 0.1) is 5.75 Å². The number of halogens is 2. The lowest BCUT2D eigenvalue weighted by Gasteiger charge is -2.17. The standard InChI is InChI=1S/C16H11F2N3O3S/c17-11-2-1-3-12(18)14(11)21-13(23)8-25-16(21)20-19-15(24)9-4-6-10(22)7-5-9/h1-7,22H,8H2,(H,19,24)/b20-16+. The van der Waals surface area contributed by atoms with E-state index in [1.54, 1.807) is 0 Å². The van der Waals surface area contributed by atoms with Crippen molar-refractivity contribution >= 4 is 34.4 Å². The summed E-state index contributed by atoms with van der Waals surface area (Å²) in [6, 6.07) is 8.67. The van der Waals surface area contributed by atoms with Crippen LogP contribution in [-0.4, -0.2) is 27.8 Å². The molecule has 128 valence electrons. The SMILES string of the molecule is O=C(N/N=C1/SCC(=O)N1c1c(F)cccc1F)c1ccc(O)cc1. The molecule has 9 heteroatoms. The number of anilines is 1. The minimum atomic E-state index is -0.909. The highest BCUT2D eigenvalue weighted by atomic mass is 32.2.